The quantitative estimate of drug-likeness (QED) is 0.117. The Morgan fingerprint density at radius 2 is 1.25 bits per heavy atom. The Balaban J connectivity index is 4.59. The van der Waals surface area contributed by atoms with Crippen molar-refractivity contribution in [2.45, 2.75) is 77.2 Å². The lowest BCUT2D eigenvalue weighted by Gasteiger charge is -2.20. The summed E-state index contributed by atoms with van der Waals surface area (Å²) in [5, 5.41) is 27.5. The molecule has 0 spiro atoms. The van der Waals surface area contributed by atoms with Gasteiger partial charge in [0.2, 0.25) is 0 Å². The van der Waals surface area contributed by atoms with Gasteiger partial charge in [-0.2, -0.15) is 0 Å². The predicted octanol–water partition coefficient (Wildman–Crippen LogP) is 1.68. The second kappa shape index (κ2) is 16.0. The maximum absolute atomic E-state index is 12.2. The van der Waals surface area contributed by atoms with E-state index in [0.717, 1.165) is 12.8 Å². The van der Waals surface area contributed by atoms with Gasteiger partial charge in [0, 0.05) is 0 Å². The fraction of sp³-hybridized carbons (Fsp3) is 0.762. The summed E-state index contributed by atoms with van der Waals surface area (Å²) >= 11 is 0. The molecule has 0 bridgehead atoms. The number of hydrogen-bond donors (Lipinski definition) is 3. The highest BCUT2D eigenvalue weighted by Crippen LogP contribution is 2.18. The zero-order valence-electron chi connectivity index (χ0n) is 18.7. The number of carboxylic acid groups (broad SMARTS) is 2. The largest absolute Gasteiger partial charge is 0.481 e. The Labute approximate surface area is 187 Å². The number of aliphatic hydroxyl groups is 1. The van der Waals surface area contributed by atoms with Crippen LogP contribution in [0.1, 0.15) is 71.6 Å². The van der Waals surface area contributed by atoms with Crippen LogP contribution in [0.15, 0.2) is 0 Å². The first-order chi connectivity index (χ1) is 15.1. The van der Waals surface area contributed by atoms with E-state index in [0.29, 0.717) is 19.3 Å². The van der Waals surface area contributed by atoms with Gasteiger partial charge >= 0.3 is 29.8 Å². The summed E-state index contributed by atoms with van der Waals surface area (Å²) < 4.78 is 15.1. The van der Waals surface area contributed by atoms with Gasteiger partial charge in [0.15, 0.2) is 11.5 Å². The fourth-order valence-corrected chi connectivity index (χ4v) is 2.56. The molecule has 0 aromatic heterocycles. The van der Waals surface area contributed by atoms with Crippen LogP contribution in [0.4, 0.5) is 0 Å². The first kappa shape index (κ1) is 29.3. The molecule has 0 heterocycles. The van der Waals surface area contributed by atoms with Crippen LogP contribution in [-0.2, 0) is 38.2 Å². The molecule has 11 nitrogen and oxygen atoms in total. The summed E-state index contributed by atoms with van der Waals surface area (Å²) in [6.45, 7) is 4.11. The molecule has 0 aromatic rings. The molecular formula is C21H34O11. The highest BCUT2D eigenvalue weighted by Gasteiger charge is 2.41. The normalized spacial score (nSPS) is 12.6. The Hall–Kier alpha value is -2.69. The second-order valence-corrected chi connectivity index (χ2v) is 7.39. The van der Waals surface area contributed by atoms with Crippen molar-refractivity contribution in [3.8, 4) is 0 Å². The van der Waals surface area contributed by atoms with E-state index in [1.165, 1.54) is 0 Å². The number of ether oxygens (including phenoxy) is 3. The van der Waals surface area contributed by atoms with Crippen LogP contribution < -0.4 is 0 Å². The lowest BCUT2D eigenvalue weighted by atomic mass is 9.96. The summed E-state index contributed by atoms with van der Waals surface area (Å²) in [6, 6.07) is 0. The van der Waals surface area contributed by atoms with Gasteiger partial charge in [-0.15, -0.1) is 0 Å². The minimum atomic E-state index is -2.77. The number of hydrogen-bond acceptors (Lipinski definition) is 9. The Morgan fingerprint density at radius 1 is 0.750 bits per heavy atom. The van der Waals surface area contributed by atoms with Crippen LogP contribution in [0.3, 0.4) is 0 Å². The minimum absolute atomic E-state index is 0.117. The molecule has 0 saturated heterocycles. The number of aliphatic carboxylic acids is 2. The van der Waals surface area contributed by atoms with Crippen molar-refractivity contribution < 1.29 is 53.5 Å². The van der Waals surface area contributed by atoms with E-state index in [1.807, 2.05) is 13.8 Å². The summed E-state index contributed by atoms with van der Waals surface area (Å²) in [5.41, 5.74) is -2.77. The molecule has 0 amide bonds. The van der Waals surface area contributed by atoms with Gasteiger partial charge in [0.1, 0.15) is 0 Å². The average molecular weight is 462 g/mol. The molecule has 32 heavy (non-hydrogen) atoms. The number of carbonyl (C=O) groups is 5. The van der Waals surface area contributed by atoms with Crippen molar-refractivity contribution in [2.24, 2.45) is 5.92 Å². The van der Waals surface area contributed by atoms with E-state index in [1.54, 1.807) is 0 Å². The van der Waals surface area contributed by atoms with E-state index in [4.69, 9.17) is 24.4 Å². The van der Waals surface area contributed by atoms with Gasteiger partial charge in [-0.1, -0.05) is 26.7 Å². The van der Waals surface area contributed by atoms with Gasteiger partial charge < -0.3 is 29.5 Å². The van der Waals surface area contributed by atoms with E-state index < -0.39 is 54.2 Å². The number of carboxylic acids is 2. The average Bonchev–Trinajstić information content (AvgIpc) is 2.69. The molecule has 0 aliphatic heterocycles. The number of esters is 3. The highest BCUT2D eigenvalue weighted by atomic mass is 16.6. The summed E-state index contributed by atoms with van der Waals surface area (Å²) in [5.74, 6) is -6.93. The van der Waals surface area contributed by atoms with Crippen LogP contribution in [0.25, 0.3) is 0 Å². The van der Waals surface area contributed by atoms with Crippen molar-refractivity contribution in [1.82, 2.24) is 0 Å². The third-order valence-corrected chi connectivity index (χ3v) is 4.48. The third-order valence-electron chi connectivity index (χ3n) is 4.48. The van der Waals surface area contributed by atoms with Crippen LogP contribution in [0, 0.1) is 5.92 Å². The molecule has 11 heteroatoms. The maximum Gasteiger partial charge on any atom is 0.336 e. The topological polar surface area (TPSA) is 174 Å². The molecule has 1 atom stereocenters. The maximum atomic E-state index is 12.2. The van der Waals surface area contributed by atoms with Crippen molar-refractivity contribution >= 4 is 29.8 Å². The lowest BCUT2D eigenvalue weighted by molar-refractivity contribution is -0.172. The zero-order chi connectivity index (χ0) is 24.6. The zero-order valence-corrected chi connectivity index (χ0v) is 18.7. The Kier molecular flexibility index (Phi) is 14.7. The van der Waals surface area contributed by atoms with E-state index in [9.17, 15) is 29.1 Å². The van der Waals surface area contributed by atoms with Crippen molar-refractivity contribution in [2.75, 3.05) is 19.8 Å². The first-order valence-electron chi connectivity index (χ1n) is 10.7. The summed E-state index contributed by atoms with van der Waals surface area (Å²) in [4.78, 5) is 58.0. The van der Waals surface area contributed by atoms with Crippen molar-refractivity contribution in [1.29, 1.82) is 0 Å². The fourth-order valence-electron chi connectivity index (χ4n) is 2.56. The van der Waals surface area contributed by atoms with E-state index in [-0.39, 0.29) is 32.7 Å². The molecule has 3 N–H and O–H groups in total. The van der Waals surface area contributed by atoms with Crippen molar-refractivity contribution in [3.63, 3.8) is 0 Å². The van der Waals surface area contributed by atoms with Crippen LogP contribution >= 0.6 is 0 Å². The molecule has 0 aliphatic rings. The highest BCUT2D eigenvalue weighted by molar-refractivity contribution is 5.94. The van der Waals surface area contributed by atoms with Crippen LogP contribution in [-0.4, -0.2) is 70.6 Å². The molecule has 0 saturated carbocycles. The van der Waals surface area contributed by atoms with Gasteiger partial charge in [0.25, 0.3) is 0 Å². The molecule has 0 radical (unpaired) electrons. The minimum Gasteiger partial charge on any atom is -0.481 e. The number of carbonyl (C=O) groups excluding carboxylic acids is 3. The summed E-state index contributed by atoms with van der Waals surface area (Å²) in [6.07, 6.45) is 1.49. The SMILES string of the molecule is CCCCOC(=O)C(CCCCOC(=O)CC(O)(CC(=O)O)C(=O)O)C(=O)OCCCC. The monoisotopic (exact) mass is 462 g/mol. The van der Waals surface area contributed by atoms with E-state index >= 15 is 0 Å². The van der Waals surface area contributed by atoms with E-state index in [2.05, 4.69) is 0 Å². The lowest BCUT2D eigenvalue weighted by Crippen LogP contribution is -2.43. The number of rotatable bonds is 18. The molecule has 1 unspecified atom stereocenters. The second-order valence-electron chi connectivity index (χ2n) is 7.39. The Bertz CT molecular complexity index is 609. The molecule has 0 fully saturated rings. The molecule has 0 aliphatic carbocycles. The van der Waals surface area contributed by atoms with Gasteiger partial charge in [-0.3, -0.25) is 19.2 Å². The Morgan fingerprint density at radius 3 is 1.69 bits per heavy atom. The first-order valence-corrected chi connectivity index (χ1v) is 10.7. The summed E-state index contributed by atoms with van der Waals surface area (Å²) in [7, 11) is 0. The molecular weight excluding hydrogens is 428 g/mol. The molecule has 0 aromatic carbocycles. The van der Waals surface area contributed by atoms with Crippen LogP contribution in [0.5, 0.6) is 0 Å². The van der Waals surface area contributed by atoms with Crippen molar-refractivity contribution in [3.05, 3.63) is 0 Å². The van der Waals surface area contributed by atoms with Crippen LogP contribution in [0.2, 0.25) is 0 Å². The van der Waals surface area contributed by atoms with Gasteiger partial charge in [0.05, 0.1) is 32.7 Å². The standard InChI is InChI=1S/C21H34O11/c1-3-5-10-31-18(25)15(19(26)32-11-6-4-2)9-7-8-12-30-17(24)14-21(29,20(27)28)13-16(22)23/h15,29H,3-14H2,1-2H3,(H,22,23)(H,27,28). The smallest absolute Gasteiger partial charge is 0.336 e. The molecule has 0 rings (SSSR count). The predicted molar refractivity (Wildman–Crippen MR) is 109 cm³/mol. The van der Waals surface area contributed by atoms with Gasteiger partial charge in [-0.05, 0) is 32.1 Å². The molecule has 184 valence electrons. The third kappa shape index (κ3) is 12.2. The number of unbranched alkanes of at least 4 members (excludes halogenated alkanes) is 3. The van der Waals surface area contributed by atoms with Gasteiger partial charge in [-0.25, -0.2) is 4.79 Å².